The molecule has 0 radical (unpaired) electrons. The molecule has 1 amide bonds. The zero-order chi connectivity index (χ0) is 13.5. The highest BCUT2D eigenvalue weighted by Gasteiger charge is 2.04. The SMILES string of the molecule is COc1cc(NCC(=O)NCC(C)C)ccc1Cl. The van der Waals surface area contributed by atoms with Gasteiger partial charge in [-0.05, 0) is 18.1 Å². The maximum absolute atomic E-state index is 11.5. The van der Waals surface area contributed by atoms with E-state index in [0.29, 0.717) is 23.2 Å². The van der Waals surface area contributed by atoms with Crippen LogP contribution in [-0.4, -0.2) is 26.1 Å². The largest absolute Gasteiger partial charge is 0.495 e. The van der Waals surface area contributed by atoms with E-state index in [1.54, 1.807) is 25.3 Å². The standard InChI is InChI=1S/C13H19ClN2O2/c1-9(2)7-16-13(17)8-15-10-4-5-11(14)12(6-10)18-3/h4-6,9,15H,7-8H2,1-3H3,(H,16,17). The Morgan fingerprint density at radius 3 is 2.78 bits per heavy atom. The fraction of sp³-hybridized carbons (Fsp3) is 0.462. The van der Waals surface area contributed by atoms with Gasteiger partial charge in [-0.25, -0.2) is 0 Å². The monoisotopic (exact) mass is 270 g/mol. The van der Waals surface area contributed by atoms with Crippen molar-refractivity contribution in [2.24, 2.45) is 5.92 Å². The lowest BCUT2D eigenvalue weighted by Gasteiger charge is -2.10. The third-order valence-corrected chi connectivity index (χ3v) is 2.62. The van der Waals surface area contributed by atoms with Gasteiger partial charge in [-0.1, -0.05) is 25.4 Å². The summed E-state index contributed by atoms with van der Waals surface area (Å²) in [7, 11) is 1.56. The van der Waals surface area contributed by atoms with E-state index < -0.39 is 0 Å². The van der Waals surface area contributed by atoms with Crippen LogP contribution in [0.1, 0.15) is 13.8 Å². The average Bonchev–Trinajstić information content (AvgIpc) is 2.35. The van der Waals surface area contributed by atoms with E-state index in [9.17, 15) is 4.79 Å². The summed E-state index contributed by atoms with van der Waals surface area (Å²) in [5.74, 6) is 1.01. The van der Waals surface area contributed by atoms with Gasteiger partial charge in [0, 0.05) is 18.3 Å². The summed E-state index contributed by atoms with van der Waals surface area (Å²) in [5.41, 5.74) is 0.802. The molecule has 0 aliphatic carbocycles. The van der Waals surface area contributed by atoms with E-state index in [4.69, 9.17) is 16.3 Å². The van der Waals surface area contributed by atoms with Crippen LogP contribution < -0.4 is 15.4 Å². The lowest BCUT2D eigenvalue weighted by atomic mass is 10.2. The number of benzene rings is 1. The molecule has 0 bridgehead atoms. The van der Waals surface area contributed by atoms with E-state index in [0.717, 1.165) is 5.69 Å². The zero-order valence-electron chi connectivity index (χ0n) is 10.9. The first-order chi connectivity index (χ1) is 8.52. The molecule has 1 aromatic rings. The molecule has 2 N–H and O–H groups in total. The number of ether oxygens (including phenoxy) is 1. The van der Waals surface area contributed by atoms with Crippen LogP contribution in [0.4, 0.5) is 5.69 Å². The summed E-state index contributed by atoms with van der Waals surface area (Å²) in [4.78, 5) is 11.5. The van der Waals surface area contributed by atoms with Crippen molar-refractivity contribution in [3.63, 3.8) is 0 Å². The van der Waals surface area contributed by atoms with Crippen molar-refractivity contribution in [1.29, 1.82) is 0 Å². The summed E-state index contributed by atoms with van der Waals surface area (Å²) in [6.45, 7) is 5.03. The maximum atomic E-state index is 11.5. The van der Waals surface area contributed by atoms with E-state index in [2.05, 4.69) is 24.5 Å². The van der Waals surface area contributed by atoms with Crippen molar-refractivity contribution in [2.45, 2.75) is 13.8 Å². The number of carbonyl (C=O) groups is 1. The number of amides is 1. The highest BCUT2D eigenvalue weighted by Crippen LogP contribution is 2.27. The first kappa shape index (κ1) is 14.6. The number of rotatable bonds is 6. The first-order valence-electron chi connectivity index (χ1n) is 5.87. The highest BCUT2D eigenvalue weighted by atomic mass is 35.5. The molecule has 0 aromatic heterocycles. The van der Waals surface area contributed by atoms with Crippen LogP contribution in [0.2, 0.25) is 5.02 Å². The Morgan fingerprint density at radius 1 is 1.44 bits per heavy atom. The summed E-state index contributed by atoms with van der Waals surface area (Å²) in [6, 6.07) is 5.30. The summed E-state index contributed by atoms with van der Waals surface area (Å²) < 4.78 is 5.10. The number of nitrogens with one attached hydrogen (secondary N) is 2. The molecule has 0 fully saturated rings. The number of hydrogen-bond donors (Lipinski definition) is 2. The number of hydrogen-bond acceptors (Lipinski definition) is 3. The number of carbonyl (C=O) groups excluding carboxylic acids is 1. The minimum absolute atomic E-state index is 0.0300. The van der Waals surface area contributed by atoms with E-state index in [1.165, 1.54) is 0 Å². The molecule has 0 aliphatic heterocycles. The van der Waals surface area contributed by atoms with Gasteiger partial charge in [0.15, 0.2) is 0 Å². The van der Waals surface area contributed by atoms with Crippen molar-refractivity contribution >= 4 is 23.2 Å². The Bertz CT molecular complexity index is 408. The Kier molecular flexibility index (Phi) is 5.78. The third-order valence-electron chi connectivity index (χ3n) is 2.31. The second-order valence-electron chi connectivity index (χ2n) is 4.40. The number of halogens is 1. The van der Waals surface area contributed by atoms with Gasteiger partial charge in [0.2, 0.25) is 5.91 Å². The van der Waals surface area contributed by atoms with Crippen LogP contribution in [0.15, 0.2) is 18.2 Å². The molecule has 4 nitrogen and oxygen atoms in total. The second kappa shape index (κ2) is 7.11. The van der Waals surface area contributed by atoms with Crippen LogP contribution >= 0.6 is 11.6 Å². The normalized spacial score (nSPS) is 10.3. The molecule has 0 aliphatic rings. The molecular formula is C13H19ClN2O2. The Labute approximate surface area is 113 Å². The molecular weight excluding hydrogens is 252 g/mol. The Morgan fingerprint density at radius 2 is 2.17 bits per heavy atom. The van der Waals surface area contributed by atoms with Crippen LogP contribution in [0.3, 0.4) is 0 Å². The Hall–Kier alpha value is -1.42. The lowest BCUT2D eigenvalue weighted by molar-refractivity contribution is -0.119. The van der Waals surface area contributed by atoms with Gasteiger partial charge in [0.25, 0.3) is 0 Å². The molecule has 0 atom stereocenters. The summed E-state index contributed by atoms with van der Waals surface area (Å²) >= 11 is 5.91. The molecule has 18 heavy (non-hydrogen) atoms. The average molecular weight is 271 g/mol. The van der Waals surface area contributed by atoms with Crippen LogP contribution in [0.5, 0.6) is 5.75 Å². The van der Waals surface area contributed by atoms with Crippen LogP contribution in [0, 0.1) is 5.92 Å². The second-order valence-corrected chi connectivity index (χ2v) is 4.81. The van der Waals surface area contributed by atoms with Gasteiger partial charge in [-0.3, -0.25) is 4.79 Å². The molecule has 1 rings (SSSR count). The molecule has 0 unspecified atom stereocenters. The third kappa shape index (κ3) is 4.84. The van der Waals surface area contributed by atoms with Crippen molar-refractivity contribution in [2.75, 3.05) is 25.5 Å². The summed E-state index contributed by atoms with van der Waals surface area (Å²) in [6.07, 6.45) is 0. The predicted octanol–water partition coefficient (Wildman–Crippen LogP) is 2.53. The molecule has 5 heteroatoms. The van der Waals surface area contributed by atoms with Crippen molar-refractivity contribution in [3.8, 4) is 5.75 Å². The summed E-state index contributed by atoms with van der Waals surface area (Å²) in [5, 5.41) is 6.40. The van der Waals surface area contributed by atoms with E-state index >= 15 is 0 Å². The zero-order valence-corrected chi connectivity index (χ0v) is 11.7. The molecule has 100 valence electrons. The van der Waals surface area contributed by atoms with Gasteiger partial charge in [-0.2, -0.15) is 0 Å². The molecule has 0 saturated heterocycles. The van der Waals surface area contributed by atoms with E-state index in [-0.39, 0.29) is 12.5 Å². The topological polar surface area (TPSA) is 50.4 Å². The van der Waals surface area contributed by atoms with Crippen LogP contribution in [0.25, 0.3) is 0 Å². The quantitative estimate of drug-likeness (QED) is 0.835. The lowest BCUT2D eigenvalue weighted by Crippen LogP contribution is -2.32. The van der Waals surface area contributed by atoms with Crippen molar-refractivity contribution < 1.29 is 9.53 Å². The van der Waals surface area contributed by atoms with Crippen LogP contribution in [-0.2, 0) is 4.79 Å². The maximum Gasteiger partial charge on any atom is 0.239 e. The van der Waals surface area contributed by atoms with E-state index in [1.807, 2.05) is 0 Å². The fourth-order valence-corrected chi connectivity index (χ4v) is 1.53. The minimum Gasteiger partial charge on any atom is -0.495 e. The number of anilines is 1. The van der Waals surface area contributed by atoms with Gasteiger partial charge < -0.3 is 15.4 Å². The number of methoxy groups -OCH3 is 1. The molecule has 0 spiro atoms. The van der Waals surface area contributed by atoms with Gasteiger partial charge in [0.05, 0.1) is 18.7 Å². The first-order valence-corrected chi connectivity index (χ1v) is 6.25. The fourth-order valence-electron chi connectivity index (χ4n) is 1.33. The molecule has 0 heterocycles. The predicted molar refractivity (Wildman–Crippen MR) is 74.3 cm³/mol. The molecule has 0 saturated carbocycles. The van der Waals surface area contributed by atoms with Crippen molar-refractivity contribution in [3.05, 3.63) is 23.2 Å². The Balaban J connectivity index is 2.46. The van der Waals surface area contributed by atoms with Crippen molar-refractivity contribution in [1.82, 2.24) is 5.32 Å². The van der Waals surface area contributed by atoms with Gasteiger partial charge in [0.1, 0.15) is 5.75 Å². The van der Waals surface area contributed by atoms with Gasteiger partial charge >= 0.3 is 0 Å². The highest BCUT2D eigenvalue weighted by molar-refractivity contribution is 6.32. The smallest absolute Gasteiger partial charge is 0.239 e. The minimum atomic E-state index is -0.0300. The van der Waals surface area contributed by atoms with Gasteiger partial charge in [-0.15, -0.1) is 0 Å². The molecule has 1 aromatic carbocycles.